The topological polar surface area (TPSA) is 54.0 Å². The van der Waals surface area contributed by atoms with Gasteiger partial charge >= 0.3 is 13.1 Å². The van der Waals surface area contributed by atoms with Crippen LogP contribution in [0.1, 0.15) is 49.5 Å². The van der Waals surface area contributed by atoms with Crippen molar-refractivity contribution in [3.05, 3.63) is 29.3 Å². The van der Waals surface area contributed by atoms with Crippen molar-refractivity contribution in [1.82, 2.24) is 0 Å². The van der Waals surface area contributed by atoms with Crippen molar-refractivity contribution in [3.63, 3.8) is 0 Å². The Hall–Kier alpha value is -0.375. The number of benzene rings is 1. The van der Waals surface area contributed by atoms with Crippen LogP contribution in [0.15, 0.2) is 18.2 Å². The number of rotatable bonds is 5. The van der Waals surface area contributed by atoms with Crippen LogP contribution < -0.4 is 4.52 Å². The monoisotopic (exact) mass is 442 g/mol. The zero-order valence-electron chi connectivity index (χ0n) is 16.3. The van der Waals surface area contributed by atoms with Gasteiger partial charge in [-0.15, -0.1) is 11.6 Å². The number of halogens is 1. The molecule has 1 saturated heterocycles. The number of para-hydroxylation sites is 1. The summed E-state index contributed by atoms with van der Waals surface area (Å²) in [6.07, 6.45) is 2.77. The molecule has 0 spiro atoms. The zero-order valence-corrected chi connectivity index (χ0v) is 19.4. The molecular formula is C19H26BClO5P2. The summed E-state index contributed by atoms with van der Waals surface area (Å²) in [5, 5.41) is -0.399. The summed E-state index contributed by atoms with van der Waals surface area (Å²) in [5.41, 5.74) is 1.15. The molecule has 0 aromatic heterocycles. The fourth-order valence-electron chi connectivity index (χ4n) is 5.47. The molecule has 9 heteroatoms. The number of carbonyl (C=O) groups is 1. The molecular weight excluding hydrogens is 416 g/mol. The van der Waals surface area contributed by atoms with Gasteiger partial charge in [0.15, 0.2) is 0 Å². The fraction of sp³-hybridized carbons (Fsp3) is 0.632. The molecule has 2 bridgehead atoms. The summed E-state index contributed by atoms with van der Waals surface area (Å²) in [7, 11) is 3.66. The lowest BCUT2D eigenvalue weighted by Crippen LogP contribution is -2.65. The van der Waals surface area contributed by atoms with Crippen LogP contribution in [0, 0.1) is 17.3 Å². The van der Waals surface area contributed by atoms with E-state index in [-0.39, 0.29) is 11.7 Å². The summed E-state index contributed by atoms with van der Waals surface area (Å²) in [6, 6.07) is 5.34. The smallest absolute Gasteiger partial charge is 0.477 e. The van der Waals surface area contributed by atoms with Gasteiger partial charge in [-0.3, -0.25) is 0 Å². The van der Waals surface area contributed by atoms with E-state index >= 15 is 0 Å². The number of hydrogen-bond acceptors (Lipinski definition) is 5. The van der Waals surface area contributed by atoms with Gasteiger partial charge in [0.2, 0.25) is 0 Å². The zero-order chi connectivity index (χ0) is 20.3. The van der Waals surface area contributed by atoms with Gasteiger partial charge in [-0.1, -0.05) is 26.0 Å². The third-order valence-electron chi connectivity index (χ3n) is 7.22. The molecule has 3 saturated carbocycles. The number of alkyl halides is 1. The van der Waals surface area contributed by atoms with Crippen LogP contribution in [0.4, 0.5) is 0 Å². The Morgan fingerprint density at radius 2 is 2.11 bits per heavy atom. The highest BCUT2D eigenvalue weighted by molar-refractivity contribution is 7.11. The van der Waals surface area contributed by atoms with E-state index in [4.69, 9.17) is 30.0 Å². The van der Waals surface area contributed by atoms with Crippen LogP contribution in [-0.2, 0) is 20.3 Å². The van der Waals surface area contributed by atoms with Gasteiger partial charge in [0.1, 0.15) is 11.3 Å². The second-order valence-corrected chi connectivity index (χ2v) is 9.91. The van der Waals surface area contributed by atoms with Crippen LogP contribution in [0.25, 0.3) is 0 Å². The lowest BCUT2D eigenvalue weighted by Gasteiger charge is -2.64. The van der Waals surface area contributed by atoms with Crippen molar-refractivity contribution in [2.45, 2.75) is 57.0 Å². The lowest BCUT2D eigenvalue weighted by atomic mass is 9.43. The van der Waals surface area contributed by atoms with E-state index in [1.165, 1.54) is 6.42 Å². The lowest BCUT2D eigenvalue weighted by molar-refractivity contribution is -0.199. The Morgan fingerprint density at radius 1 is 1.36 bits per heavy atom. The van der Waals surface area contributed by atoms with E-state index in [9.17, 15) is 4.79 Å². The number of carbonyl (C=O) groups excluding carboxylic acids is 1. The Morgan fingerprint density at radius 3 is 2.75 bits per heavy atom. The second kappa shape index (κ2) is 7.39. The molecule has 0 radical (unpaired) electrons. The van der Waals surface area contributed by atoms with Gasteiger partial charge in [-0.2, -0.15) is 0 Å². The van der Waals surface area contributed by atoms with Crippen molar-refractivity contribution in [3.8, 4) is 5.75 Å². The minimum atomic E-state index is -0.485. The summed E-state index contributed by atoms with van der Waals surface area (Å²) < 4.78 is 22.9. The van der Waals surface area contributed by atoms with Crippen LogP contribution in [-0.4, -0.2) is 30.1 Å². The molecule has 5 nitrogen and oxygen atoms in total. The van der Waals surface area contributed by atoms with Gasteiger partial charge in [-0.25, -0.2) is 4.79 Å². The average molecular weight is 443 g/mol. The molecule has 1 aromatic rings. The molecule has 1 aliphatic heterocycles. The Bertz CT molecular complexity index is 794. The quantitative estimate of drug-likeness (QED) is 0.388. The van der Waals surface area contributed by atoms with Crippen molar-refractivity contribution in [2.24, 2.45) is 17.3 Å². The van der Waals surface area contributed by atoms with Gasteiger partial charge in [0.25, 0.3) is 0 Å². The van der Waals surface area contributed by atoms with Crippen molar-refractivity contribution < 1.29 is 23.2 Å². The van der Waals surface area contributed by atoms with Crippen LogP contribution in [0.2, 0.25) is 0 Å². The Labute approximate surface area is 176 Å². The van der Waals surface area contributed by atoms with Gasteiger partial charge < -0.3 is 18.4 Å². The molecule has 4 fully saturated rings. The molecule has 0 N–H and O–H groups in total. The molecule has 4 aliphatic rings. The van der Waals surface area contributed by atoms with Crippen LogP contribution in [0.3, 0.4) is 0 Å². The highest BCUT2D eigenvalue weighted by Gasteiger charge is 2.68. The van der Waals surface area contributed by atoms with Crippen molar-refractivity contribution in [2.75, 3.05) is 0 Å². The molecule has 2 unspecified atom stereocenters. The minimum absolute atomic E-state index is 0.0893. The summed E-state index contributed by atoms with van der Waals surface area (Å²) in [6.45, 7) is 6.85. The summed E-state index contributed by atoms with van der Waals surface area (Å²) in [4.78, 5) is 12.0. The first kappa shape index (κ1) is 20.9. The molecule has 3 aliphatic carbocycles. The van der Waals surface area contributed by atoms with Gasteiger partial charge in [0.05, 0.1) is 35.9 Å². The van der Waals surface area contributed by atoms with E-state index in [1.807, 2.05) is 15.5 Å². The van der Waals surface area contributed by atoms with Crippen LogP contribution in [0.5, 0.6) is 5.75 Å². The SMILES string of the molecule is CC1(C)[C@@H]2C[C@H]3OB([C@@H](Cl)Cc4cccc(C(=O)OP)c4OP)O[C@@]3(C)[C@H]1C2. The van der Waals surface area contributed by atoms with Gasteiger partial charge in [0, 0.05) is 0 Å². The highest BCUT2D eigenvalue weighted by Crippen LogP contribution is 2.65. The maximum atomic E-state index is 12.0. The summed E-state index contributed by atoms with van der Waals surface area (Å²) in [5.74, 6) is 1.14. The first-order valence-electron chi connectivity index (χ1n) is 9.59. The molecule has 28 heavy (non-hydrogen) atoms. The largest absolute Gasteiger partial charge is 0.479 e. The third-order valence-corrected chi connectivity index (χ3v) is 8.03. The van der Waals surface area contributed by atoms with Crippen LogP contribution >= 0.6 is 30.5 Å². The maximum Gasteiger partial charge on any atom is 0.477 e. The van der Waals surface area contributed by atoms with Crippen molar-refractivity contribution in [1.29, 1.82) is 0 Å². The average Bonchev–Trinajstić information content (AvgIpc) is 3.04. The predicted molar refractivity (Wildman–Crippen MR) is 115 cm³/mol. The standard InChI is InChI=1S/C19H26BClO5P2/c1-18(2)11-8-13(18)19(3)14(9-11)23-20(26-19)15(21)7-10-5-4-6-12(16(10)24-27)17(22)25-28/h4-6,11,13-15H,7-9,27-28H2,1-3H3/t11-,13-,14+,15-,19-/m0/s1. The molecule has 7 atom stereocenters. The Balaban J connectivity index is 1.51. The molecule has 1 aromatic carbocycles. The number of hydrogen-bond donors (Lipinski definition) is 0. The molecule has 5 rings (SSSR count). The molecule has 0 amide bonds. The Kier molecular flexibility index (Phi) is 5.51. The maximum absolute atomic E-state index is 12.0. The highest BCUT2D eigenvalue weighted by atomic mass is 35.5. The molecule has 1 heterocycles. The molecule has 152 valence electrons. The van der Waals surface area contributed by atoms with E-state index in [1.54, 1.807) is 12.1 Å². The van der Waals surface area contributed by atoms with E-state index < -0.39 is 18.4 Å². The third kappa shape index (κ3) is 3.12. The first-order chi connectivity index (χ1) is 13.2. The fourth-order valence-corrected chi connectivity index (χ4v) is 6.15. The van der Waals surface area contributed by atoms with Crippen molar-refractivity contribution >= 4 is 43.6 Å². The minimum Gasteiger partial charge on any atom is -0.479 e. The van der Waals surface area contributed by atoms with E-state index in [0.717, 1.165) is 12.0 Å². The van der Waals surface area contributed by atoms with Gasteiger partial charge in [-0.05, 0) is 55.1 Å². The normalized spacial score (nSPS) is 33.6. The second-order valence-electron chi connectivity index (χ2n) is 8.87. The first-order valence-corrected chi connectivity index (χ1v) is 11.0. The summed E-state index contributed by atoms with van der Waals surface area (Å²) >= 11 is 6.74. The van der Waals surface area contributed by atoms with E-state index in [2.05, 4.69) is 30.2 Å². The van der Waals surface area contributed by atoms with E-state index in [0.29, 0.717) is 35.0 Å². The predicted octanol–water partition coefficient (Wildman–Crippen LogP) is 4.22.